The fraction of sp³-hybridized carbons (Fsp3) is 0.476. The third-order valence-electron chi connectivity index (χ3n) is 5.32. The van der Waals surface area contributed by atoms with Crippen molar-refractivity contribution in [2.75, 3.05) is 26.2 Å². The summed E-state index contributed by atoms with van der Waals surface area (Å²) in [7, 11) is 0. The van der Waals surface area contributed by atoms with Crippen LogP contribution in [0.25, 0.3) is 0 Å². The summed E-state index contributed by atoms with van der Waals surface area (Å²) in [6, 6.07) is 6.86. The van der Waals surface area contributed by atoms with Crippen molar-refractivity contribution in [2.45, 2.75) is 39.8 Å². The largest absolute Gasteiger partial charge is 0.361 e. The van der Waals surface area contributed by atoms with Gasteiger partial charge in [0.15, 0.2) is 0 Å². The Labute approximate surface area is 176 Å². The van der Waals surface area contributed by atoms with Crippen LogP contribution < -0.4 is 5.32 Å². The first-order valence-corrected chi connectivity index (χ1v) is 10.2. The fourth-order valence-electron chi connectivity index (χ4n) is 3.60. The zero-order valence-electron chi connectivity index (χ0n) is 17.1. The normalized spacial score (nSPS) is 15.9. The monoisotopic (exact) mass is 418 g/mol. The standard InChI is InChI=1S/C21H27ClN4O3/c1-14-19(15(2)29-24-14)13-25-8-10-26(11-9-25)21(28)12-20(23-16(3)27)17-4-6-18(22)7-5-17/h4-7,20H,8-13H2,1-3H3,(H,23,27). The molecule has 1 N–H and O–H groups in total. The molecule has 0 aliphatic carbocycles. The second-order valence-corrected chi connectivity index (χ2v) is 7.90. The first-order valence-electron chi connectivity index (χ1n) is 9.78. The highest BCUT2D eigenvalue weighted by Crippen LogP contribution is 2.22. The number of nitrogens with one attached hydrogen (secondary N) is 1. The summed E-state index contributed by atoms with van der Waals surface area (Å²) in [6.45, 7) is 9.02. The van der Waals surface area contributed by atoms with Crippen LogP contribution in [0.15, 0.2) is 28.8 Å². The summed E-state index contributed by atoms with van der Waals surface area (Å²) in [5.41, 5.74) is 2.91. The van der Waals surface area contributed by atoms with Gasteiger partial charge in [0, 0.05) is 50.2 Å². The zero-order chi connectivity index (χ0) is 21.0. The number of halogens is 1. The van der Waals surface area contributed by atoms with Crippen LogP contribution in [0, 0.1) is 13.8 Å². The molecule has 3 rings (SSSR count). The van der Waals surface area contributed by atoms with Gasteiger partial charge >= 0.3 is 0 Å². The van der Waals surface area contributed by atoms with Crippen molar-refractivity contribution >= 4 is 23.4 Å². The molecule has 2 aromatic rings. The number of rotatable bonds is 6. The van der Waals surface area contributed by atoms with Crippen LogP contribution in [0.3, 0.4) is 0 Å². The SMILES string of the molecule is CC(=O)NC(CC(=O)N1CCN(Cc2c(C)noc2C)CC1)c1ccc(Cl)cc1. The average Bonchev–Trinajstić information content (AvgIpc) is 3.00. The molecule has 1 aromatic carbocycles. The third-order valence-corrected chi connectivity index (χ3v) is 5.57. The molecule has 1 aliphatic heterocycles. The lowest BCUT2D eigenvalue weighted by atomic mass is 10.0. The van der Waals surface area contributed by atoms with Crippen molar-refractivity contribution in [1.29, 1.82) is 0 Å². The van der Waals surface area contributed by atoms with E-state index in [4.69, 9.17) is 16.1 Å². The molecular weight excluding hydrogens is 392 g/mol. The number of nitrogens with zero attached hydrogens (tertiary/aromatic N) is 3. The number of carbonyl (C=O) groups is 2. The van der Waals surface area contributed by atoms with Gasteiger partial charge in [0.1, 0.15) is 5.76 Å². The molecule has 1 atom stereocenters. The van der Waals surface area contributed by atoms with Gasteiger partial charge in [-0.05, 0) is 31.5 Å². The first kappa shape index (κ1) is 21.3. The molecule has 1 aliphatic rings. The van der Waals surface area contributed by atoms with E-state index >= 15 is 0 Å². The van der Waals surface area contributed by atoms with Crippen molar-refractivity contribution in [3.05, 3.63) is 51.9 Å². The van der Waals surface area contributed by atoms with Crippen LogP contribution >= 0.6 is 11.6 Å². The van der Waals surface area contributed by atoms with Crippen LogP contribution in [0.4, 0.5) is 0 Å². The summed E-state index contributed by atoms with van der Waals surface area (Å²) in [5, 5.41) is 7.51. The molecule has 0 radical (unpaired) electrons. The Hall–Kier alpha value is -2.38. The predicted octanol–water partition coefficient (Wildman–Crippen LogP) is 2.86. The molecule has 0 bridgehead atoms. The van der Waals surface area contributed by atoms with E-state index in [2.05, 4.69) is 15.4 Å². The summed E-state index contributed by atoms with van der Waals surface area (Å²) in [4.78, 5) is 28.7. The smallest absolute Gasteiger partial charge is 0.225 e. The number of aryl methyl sites for hydroxylation is 2. The molecule has 0 spiro atoms. The van der Waals surface area contributed by atoms with Crippen LogP contribution in [-0.4, -0.2) is 52.9 Å². The van der Waals surface area contributed by atoms with E-state index in [-0.39, 0.29) is 24.3 Å². The highest BCUT2D eigenvalue weighted by molar-refractivity contribution is 6.30. The second-order valence-electron chi connectivity index (χ2n) is 7.47. The molecule has 2 heterocycles. The van der Waals surface area contributed by atoms with E-state index < -0.39 is 0 Å². The highest BCUT2D eigenvalue weighted by atomic mass is 35.5. The minimum atomic E-state index is -0.363. The van der Waals surface area contributed by atoms with E-state index in [1.165, 1.54) is 6.92 Å². The van der Waals surface area contributed by atoms with Crippen molar-refractivity contribution in [1.82, 2.24) is 20.3 Å². The minimum Gasteiger partial charge on any atom is -0.361 e. The molecule has 1 saturated heterocycles. The Morgan fingerprint density at radius 3 is 2.38 bits per heavy atom. The number of hydrogen-bond donors (Lipinski definition) is 1. The third kappa shape index (κ3) is 5.58. The molecule has 1 aromatic heterocycles. The number of aromatic nitrogens is 1. The van der Waals surface area contributed by atoms with Gasteiger partial charge in [-0.25, -0.2) is 0 Å². The molecule has 29 heavy (non-hydrogen) atoms. The van der Waals surface area contributed by atoms with Crippen molar-refractivity contribution in [3.63, 3.8) is 0 Å². The fourth-order valence-corrected chi connectivity index (χ4v) is 3.73. The Balaban J connectivity index is 1.57. The van der Waals surface area contributed by atoms with Gasteiger partial charge in [0.05, 0.1) is 18.2 Å². The van der Waals surface area contributed by atoms with Gasteiger partial charge < -0.3 is 14.7 Å². The van der Waals surface area contributed by atoms with E-state index in [9.17, 15) is 9.59 Å². The van der Waals surface area contributed by atoms with Gasteiger partial charge in [0.2, 0.25) is 11.8 Å². The number of amides is 2. The average molecular weight is 419 g/mol. The summed E-state index contributed by atoms with van der Waals surface area (Å²) in [5.74, 6) is 0.722. The molecule has 2 amide bonds. The quantitative estimate of drug-likeness (QED) is 0.780. The Bertz CT molecular complexity index is 838. The van der Waals surface area contributed by atoms with Crippen LogP contribution in [-0.2, 0) is 16.1 Å². The minimum absolute atomic E-state index is 0.0377. The number of hydrogen-bond acceptors (Lipinski definition) is 5. The van der Waals surface area contributed by atoms with Crippen LogP contribution in [0.1, 0.15) is 42.0 Å². The lowest BCUT2D eigenvalue weighted by molar-refractivity contribution is -0.133. The van der Waals surface area contributed by atoms with E-state index in [0.29, 0.717) is 18.1 Å². The maximum atomic E-state index is 12.9. The van der Waals surface area contributed by atoms with Crippen LogP contribution in [0.2, 0.25) is 5.02 Å². The first-order chi connectivity index (χ1) is 13.8. The summed E-state index contributed by atoms with van der Waals surface area (Å²) in [6.07, 6.45) is 0.227. The maximum absolute atomic E-state index is 12.9. The maximum Gasteiger partial charge on any atom is 0.225 e. The van der Waals surface area contributed by atoms with Crippen LogP contribution in [0.5, 0.6) is 0 Å². The van der Waals surface area contributed by atoms with Crippen molar-refractivity contribution in [3.8, 4) is 0 Å². The highest BCUT2D eigenvalue weighted by Gasteiger charge is 2.25. The molecular formula is C21H27ClN4O3. The lowest BCUT2D eigenvalue weighted by Crippen LogP contribution is -2.49. The zero-order valence-corrected chi connectivity index (χ0v) is 17.8. The van der Waals surface area contributed by atoms with Gasteiger partial charge in [-0.2, -0.15) is 0 Å². The molecule has 1 fully saturated rings. The van der Waals surface area contributed by atoms with Gasteiger partial charge in [-0.15, -0.1) is 0 Å². The van der Waals surface area contributed by atoms with Gasteiger partial charge in [-0.1, -0.05) is 28.9 Å². The molecule has 156 valence electrons. The summed E-state index contributed by atoms with van der Waals surface area (Å²) < 4.78 is 5.24. The lowest BCUT2D eigenvalue weighted by Gasteiger charge is -2.35. The van der Waals surface area contributed by atoms with Crippen molar-refractivity contribution < 1.29 is 14.1 Å². The molecule has 0 saturated carbocycles. The topological polar surface area (TPSA) is 78.7 Å². The Morgan fingerprint density at radius 1 is 1.17 bits per heavy atom. The molecule has 1 unspecified atom stereocenters. The summed E-state index contributed by atoms with van der Waals surface area (Å²) >= 11 is 5.96. The predicted molar refractivity (Wildman–Crippen MR) is 110 cm³/mol. The van der Waals surface area contributed by atoms with E-state index in [1.54, 1.807) is 12.1 Å². The van der Waals surface area contributed by atoms with E-state index in [1.807, 2.05) is 30.9 Å². The second kappa shape index (κ2) is 9.41. The Kier molecular flexibility index (Phi) is 6.92. The Morgan fingerprint density at radius 2 is 1.83 bits per heavy atom. The van der Waals surface area contributed by atoms with Gasteiger partial charge in [0.25, 0.3) is 0 Å². The molecule has 8 heteroatoms. The van der Waals surface area contributed by atoms with E-state index in [0.717, 1.165) is 42.2 Å². The number of carbonyl (C=O) groups excluding carboxylic acids is 2. The van der Waals surface area contributed by atoms with Crippen molar-refractivity contribution in [2.24, 2.45) is 0 Å². The number of piperazine rings is 1. The molecule has 7 nitrogen and oxygen atoms in total. The number of benzene rings is 1. The van der Waals surface area contributed by atoms with Gasteiger partial charge in [-0.3, -0.25) is 14.5 Å².